The quantitative estimate of drug-likeness (QED) is 0.808. The molecule has 1 aromatic rings. The van der Waals surface area contributed by atoms with Gasteiger partial charge in [0, 0.05) is 17.8 Å². The van der Waals surface area contributed by atoms with E-state index in [0.717, 1.165) is 0 Å². The van der Waals surface area contributed by atoms with Crippen molar-refractivity contribution in [3.63, 3.8) is 0 Å². The van der Waals surface area contributed by atoms with Crippen LogP contribution in [0, 0.1) is 17.5 Å². The topological polar surface area (TPSA) is 55.1 Å². The van der Waals surface area contributed by atoms with Crippen molar-refractivity contribution < 1.29 is 18.0 Å². The van der Waals surface area contributed by atoms with Gasteiger partial charge in [0.05, 0.1) is 5.54 Å². The zero-order valence-corrected chi connectivity index (χ0v) is 10.00. The van der Waals surface area contributed by atoms with E-state index in [1.807, 2.05) is 0 Å². The van der Waals surface area contributed by atoms with Crippen LogP contribution in [0.4, 0.5) is 18.9 Å². The minimum Gasteiger partial charge on any atom is -0.324 e. The Labute approximate surface area is 103 Å². The van der Waals surface area contributed by atoms with Crippen LogP contribution in [0.3, 0.4) is 0 Å². The highest BCUT2D eigenvalue weighted by molar-refractivity contribution is 5.97. The molecule has 0 unspecified atom stereocenters. The van der Waals surface area contributed by atoms with Gasteiger partial charge in [0.2, 0.25) is 5.91 Å². The summed E-state index contributed by atoms with van der Waals surface area (Å²) in [7, 11) is 0. The van der Waals surface area contributed by atoms with Gasteiger partial charge in [0.1, 0.15) is 0 Å². The Morgan fingerprint density at radius 3 is 2.00 bits per heavy atom. The van der Waals surface area contributed by atoms with E-state index in [0.29, 0.717) is 12.1 Å². The molecule has 0 aromatic heterocycles. The number of rotatable bonds is 2. The zero-order valence-electron chi connectivity index (χ0n) is 9.18. The molecular weight excluding hydrogens is 257 g/mol. The fraction of sp³-hybridized carbons (Fsp3) is 0.300. The summed E-state index contributed by atoms with van der Waals surface area (Å²) >= 11 is 0. The molecule has 0 saturated carbocycles. The maximum Gasteiger partial charge on any atom is 0.243 e. The molecule has 0 aliphatic rings. The molecule has 0 aliphatic carbocycles. The molecule has 0 aliphatic heterocycles. The largest absolute Gasteiger partial charge is 0.324 e. The van der Waals surface area contributed by atoms with Gasteiger partial charge in [-0.05, 0) is 13.8 Å². The first-order chi connectivity index (χ1) is 7.21. The molecule has 0 atom stereocenters. The number of anilines is 1. The number of halogens is 4. The summed E-state index contributed by atoms with van der Waals surface area (Å²) in [5, 5.41) is 2.18. The highest BCUT2D eigenvalue weighted by atomic mass is 35.5. The number of nitrogens with two attached hydrogens (primary N) is 1. The standard InChI is InChI=1S/C10H11F3N2O.ClH/c1-10(2,14)9(16)15-5-3-6(11)8(13)7(12)4-5;/h3-4H,14H2,1-2H3,(H,15,16);1H. The maximum absolute atomic E-state index is 12.8. The van der Waals surface area contributed by atoms with Crippen molar-refractivity contribution in [2.24, 2.45) is 5.73 Å². The van der Waals surface area contributed by atoms with Crippen molar-refractivity contribution in [1.82, 2.24) is 0 Å². The van der Waals surface area contributed by atoms with E-state index < -0.39 is 28.9 Å². The van der Waals surface area contributed by atoms with Gasteiger partial charge >= 0.3 is 0 Å². The average molecular weight is 269 g/mol. The first-order valence-corrected chi connectivity index (χ1v) is 4.46. The second kappa shape index (κ2) is 5.37. The lowest BCUT2D eigenvalue weighted by atomic mass is 10.1. The Morgan fingerprint density at radius 2 is 1.65 bits per heavy atom. The third kappa shape index (κ3) is 3.90. The van der Waals surface area contributed by atoms with E-state index in [2.05, 4.69) is 5.32 Å². The number of amides is 1. The molecule has 0 fully saturated rings. The summed E-state index contributed by atoms with van der Waals surface area (Å²) in [6.45, 7) is 2.86. The van der Waals surface area contributed by atoms with Crippen molar-refractivity contribution in [3.05, 3.63) is 29.6 Å². The van der Waals surface area contributed by atoms with Crippen LogP contribution in [0.25, 0.3) is 0 Å². The van der Waals surface area contributed by atoms with Crippen molar-refractivity contribution in [1.29, 1.82) is 0 Å². The molecule has 96 valence electrons. The fourth-order valence-electron chi connectivity index (χ4n) is 0.920. The Kier molecular flexibility index (Phi) is 4.97. The molecule has 0 heterocycles. The monoisotopic (exact) mass is 268 g/mol. The lowest BCUT2D eigenvalue weighted by Gasteiger charge is -2.17. The maximum atomic E-state index is 12.8. The van der Waals surface area contributed by atoms with Crippen LogP contribution in [0.2, 0.25) is 0 Å². The number of carbonyl (C=O) groups excluding carboxylic acids is 1. The van der Waals surface area contributed by atoms with Crippen LogP contribution in [0.5, 0.6) is 0 Å². The van der Waals surface area contributed by atoms with E-state index in [4.69, 9.17) is 5.73 Å². The summed E-state index contributed by atoms with van der Waals surface area (Å²) in [4.78, 5) is 11.4. The Hall–Kier alpha value is -1.27. The van der Waals surface area contributed by atoms with Crippen LogP contribution >= 0.6 is 12.4 Å². The second-order valence-electron chi connectivity index (χ2n) is 3.93. The van der Waals surface area contributed by atoms with E-state index >= 15 is 0 Å². The number of benzene rings is 1. The molecule has 0 radical (unpaired) electrons. The molecule has 1 aromatic carbocycles. The average Bonchev–Trinajstić information content (AvgIpc) is 2.12. The lowest BCUT2D eigenvalue weighted by Crippen LogP contribution is -2.45. The molecule has 0 spiro atoms. The molecule has 17 heavy (non-hydrogen) atoms. The summed E-state index contributed by atoms with van der Waals surface area (Å²) in [6, 6.07) is 1.37. The number of hydrogen-bond donors (Lipinski definition) is 2. The van der Waals surface area contributed by atoms with Gasteiger partial charge in [-0.15, -0.1) is 12.4 Å². The van der Waals surface area contributed by atoms with Crippen LogP contribution in [-0.4, -0.2) is 11.4 Å². The summed E-state index contributed by atoms with van der Waals surface area (Å²) < 4.78 is 38.2. The highest BCUT2D eigenvalue weighted by Crippen LogP contribution is 2.18. The molecule has 3 nitrogen and oxygen atoms in total. The van der Waals surface area contributed by atoms with Crippen molar-refractivity contribution in [2.75, 3.05) is 5.32 Å². The van der Waals surface area contributed by atoms with Gasteiger partial charge in [-0.1, -0.05) is 0 Å². The SMILES string of the molecule is CC(C)(N)C(=O)Nc1cc(F)c(F)c(F)c1.Cl. The van der Waals surface area contributed by atoms with Crippen molar-refractivity contribution in [2.45, 2.75) is 19.4 Å². The van der Waals surface area contributed by atoms with Gasteiger partial charge in [0.15, 0.2) is 17.5 Å². The first kappa shape index (κ1) is 15.7. The van der Waals surface area contributed by atoms with E-state index in [-0.39, 0.29) is 18.1 Å². The van der Waals surface area contributed by atoms with Crippen LogP contribution < -0.4 is 11.1 Å². The molecule has 0 saturated heterocycles. The Bertz CT molecular complexity index is 409. The van der Waals surface area contributed by atoms with Gasteiger partial charge in [0.25, 0.3) is 0 Å². The third-order valence-corrected chi connectivity index (χ3v) is 1.83. The van der Waals surface area contributed by atoms with E-state index in [1.54, 1.807) is 0 Å². The molecule has 3 N–H and O–H groups in total. The molecule has 1 amide bonds. The molecule has 0 bridgehead atoms. The normalized spacial score (nSPS) is 10.7. The fourth-order valence-corrected chi connectivity index (χ4v) is 0.920. The minimum absolute atomic E-state index is 0. The number of hydrogen-bond acceptors (Lipinski definition) is 2. The molecule has 7 heteroatoms. The minimum atomic E-state index is -1.58. The lowest BCUT2D eigenvalue weighted by molar-refractivity contribution is -0.120. The van der Waals surface area contributed by atoms with Crippen LogP contribution in [0.1, 0.15) is 13.8 Å². The van der Waals surface area contributed by atoms with Gasteiger partial charge in [-0.3, -0.25) is 4.79 Å². The second-order valence-corrected chi connectivity index (χ2v) is 3.93. The zero-order chi connectivity index (χ0) is 12.5. The predicted octanol–water partition coefficient (Wildman–Crippen LogP) is 2.20. The van der Waals surface area contributed by atoms with Gasteiger partial charge < -0.3 is 11.1 Å². The van der Waals surface area contributed by atoms with Gasteiger partial charge in [-0.2, -0.15) is 0 Å². The van der Waals surface area contributed by atoms with Crippen molar-refractivity contribution >= 4 is 24.0 Å². The summed E-state index contributed by atoms with van der Waals surface area (Å²) in [5.41, 5.74) is 4.09. The summed E-state index contributed by atoms with van der Waals surface area (Å²) in [5.74, 6) is -4.95. The molecule has 1 rings (SSSR count). The Balaban J connectivity index is 0.00000256. The molecular formula is C10H12ClF3N2O. The van der Waals surface area contributed by atoms with Gasteiger partial charge in [-0.25, -0.2) is 13.2 Å². The van der Waals surface area contributed by atoms with Crippen molar-refractivity contribution in [3.8, 4) is 0 Å². The Morgan fingerprint density at radius 1 is 1.24 bits per heavy atom. The van der Waals surface area contributed by atoms with E-state index in [9.17, 15) is 18.0 Å². The van der Waals surface area contributed by atoms with E-state index in [1.165, 1.54) is 13.8 Å². The third-order valence-electron chi connectivity index (χ3n) is 1.83. The summed E-state index contributed by atoms with van der Waals surface area (Å²) in [6.07, 6.45) is 0. The van der Waals surface area contributed by atoms with Crippen LogP contribution in [-0.2, 0) is 4.79 Å². The number of nitrogens with one attached hydrogen (secondary N) is 1. The van der Waals surface area contributed by atoms with Crippen LogP contribution in [0.15, 0.2) is 12.1 Å². The highest BCUT2D eigenvalue weighted by Gasteiger charge is 2.22. The predicted molar refractivity (Wildman–Crippen MR) is 60.5 cm³/mol. The first-order valence-electron chi connectivity index (χ1n) is 4.46. The smallest absolute Gasteiger partial charge is 0.243 e. The number of carbonyl (C=O) groups is 1.